The van der Waals surface area contributed by atoms with Crippen LogP contribution < -0.4 is 5.32 Å². The van der Waals surface area contributed by atoms with Gasteiger partial charge < -0.3 is 10.1 Å². The Hall–Kier alpha value is -0.0800. The number of ether oxygens (including phenoxy) is 1. The lowest BCUT2D eigenvalue weighted by atomic mass is 9.96. The Kier molecular flexibility index (Phi) is 0.664. The van der Waals surface area contributed by atoms with Crippen LogP contribution in [0.2, 0.25) is 0 Å². The molecule has 0 aromatic heterocycles. The minimum absolute atomic E-state index is 0.707. The highest BCUT2D eigenvalue weighted by Gasteiger charge is 2.32. The zero-order valence-electron chi connectivity index (χ0n) is 4.18. The molecule has 0 amide bonds. The quantitative estimate of drug-likeness (QED) is 0.452. The summed E-state index contributed by atoms with van der Waals surface area (Å²) in [4.78, 5) is 0. The summed E-state index contributed by atoms with van der Waals surface area (Å²) in [5, 5.41) is 3.35. The molecule has 0 saturated carbocycles. The molecule has 2 atom stereocenters. The predicted octanol–water partition coefficient (Wildman–Crippen LogP) is -0.253. The molecular formula is C5H9NO. The molecule has 0 aromatic carbocycles. The first-order chi connectivity index (χ1) is 3.45. The number of fused-ring (bicyclic) bond motifs is 2. The Labute approximate surface area is 42.9 Å². The molecule has 0 aromatic rings. The van der Waals surface area contributed by atoms with Gasteiger partial charge in [-0.1, -0.05) is 0 Å². The van der Waals surface area contributed by atoms with Crippen molar-refractivity contribution >= 4 is 0 Å². The molecule has 0 aliphatic carbocycles. The largest absolute Gasteiger partial charge is 0.378 e. The topological polar surface area (TPSA) is 21.3 Å². The molecule has 7 heavy (non-hydrogen) atoms. The third-order valence-electron chi connectivity index (χ3n) is 1.68. The zero-order valence-corrected chi connectivity index (χ0v) is 4.18. The first-order valence-corrected chi connectivity index (χ1v) is 2.79. The highest BCUT2D eigenvalue weighted by atomic mass is 16.5. The molecular weight excluding hydrogens is 90.1 g/mol. The van der Waals surface area contributed by atoms with E-state index in [0.29, 0.717) is 12.1 Å². The van der Waals surface area contributed by atoms with Gasteiger partial charge >= 0.3 is 0 Å². The SMILES string of the molecule is C1OC[C@H]2C[C@@H]1N2. The molecule has 3 aliphatic heterocycles. The second-order valence-electron chi connectivity index (χ2n) is 2.33. The van der Waals surface area contributed by atoms with Crippen molar-refractivity contribution in [2.45, 2.75) is 18.5 Å². The predicted molar refractivity (Wildman–Crippen MR) is 26.1 cm³/mol. The molecule has 40 valence electrons. The third kappa shape index (κ3) is 0.469. The molecule has 0 unspecified atom stereocenters. The van der Waals surface area contributed by atoms with Crippen LogP contribution in [0.1, 0.15) is 6.42 Å². The number of rotatable bonds is 0. The summed E-state index contributed by atoms with van der Waals surface area (Å²) >= 11 is 0. The van der Waals surface area contributed by atoms with Gasteiger partial charge in [-0.05, 0) is 6.42 Å². The molecule has 1 N–H and O–H groups in total. The van der Waals surface area contributed by atoms with Gasteiger partial charge in [-0.25, -0.2) is 0 Å². The fourth-order valence-corrected chi connectivity index (χ4v) is 1.24. The average Bonchev–Trinajstić information content (AvgIpc) is 1.67. The Balaban J connectivity index is 1.99. The van der Waals surface area contributed by atoms with Crippen LogP contribution in [0.3, 0.4) is 0 Å². The monoisotopic (exact) mass is 99.1 g/mol. The summed E-state index contributed by atoms with van der Waals surface area (Å²) in [5.74, 6) is 0. The van der Waals surface area contributed by atoms with Crippen LogP contribution in [-0.2, 0) is 4.74 Å². The first-order valence-electron chi connectivity index (χ1n) is 2.79. The van der Waals surface area contributed by atoms with E-state index < -0.39 is 0 Å². The van der Waals surface area contributed by atoms with Crippen molar-refractivity contribution < 1.29 is 4.74 Å². The average molecular weight is 99.1 g/mol. The van der Waals surface area contributed by atoms with Crippen molar-refractivity contribution in [1.29, 1.82) is 0 Å². The summed E-state index contributed by atoms with van der Waals surface area (Å²) in [7, 11) is 0. The lowest BCUT2D eigenvalue weighted by Gasteiger charge is -2.42. The van der Waals surface area contributed by atoms with E-state index in [1.807, 2.05) is 0 Å². The van der Waals surface area contributed by atoms with E-state index in [9.17, 15) is 0 Å². The summed E-state index contributed by atoms with van der Waals surface area (Å²) in [6.07, 6.45) is 1.35. The molecule has 3 aliphatic rings. The van der Waals surface area contributed by atoms with E-state index in [1.54, 1.807) is 0 Å². The Morgan fingerprint density at radius 2 is 1.86 bits per heavy atom. The van der Waals surface area contributed by atoms with Gasteiger partial charge in [0.2, 0.25) is 0 Å². The van der Waals surface area contributed by atoms with Crippen LogP contribution in [0.5, 0.6) is 0 Å². The molecule has 2 nitrogen and oxygen atoms in total. The molecule has 3 fully saturated rings. The van der Waals surface area contributed by atoms with E-state index in [2.05, 4.69) is 5.32 Å². The van der Waals surface area contributed by atoms with Gasteiger partial charge in [0.25, 0.3) is 0 Å². The molecule has 2 heteroatoms. The van der Waals surface area contributed by atoms with Gasteiger partial charge in [-0.3, -0.25) is 0 Å². The molecule has 3 heterocycles. The third-order valence-corrected chi connectivity index (χ3v) is 1.68. The molecule has 3 saturated heterocycles. The highest BCUT2D eigenvalue weighted by molar-refractivity contribution is 4.91. The standard InChI is InChI=1S/C5H9NO/c1-4-2-7-3-5(1)6-4/h4-6H,1-3H2/t4-,5+. The van der Waals surface area contributed by atoms with Crippen LogP contribution in [0.15, 0.2) is 0 Å². The number of morpholine rings is 1. The van der Waals surface area contributed by atoms with Crippen molar-refractivity contribution in [3.05, 3.63) is 0 Å². The lowest BCUT2D eigenvalue weighted by molar-refractivity contribution is -0.0172. The maximum absolute atomic E-state index is 5.17. The van der Waals surface area contributed by atoms with Crippen LogP contribution >= 0.6 is 0 Å². The number of hydrogen-bond donors (Lipinski definition) is 1. The van der Waals surface area contributed by atoms with E-state index in [0.717, 1.165) is 13.2 Å². The minimum Gasteiger partial charge on any atom is -0.378 e. The van der Waals surface area contributed by atoms with E-state index in [-0.39, 0.29) is 0 Å². The second-order valence-corrected chi connectivity index (χ2v) is 2.33. The second kappa shape index (κ2) is 1.20. The fourth-order valence-electron chi connectivity index (χ4n) is 1.24. The maximum atomic E-state index is 5.17. The first kappa shape index (κ1) is 3.87. The smallest absolute Gasteiger partial charge is 0.0621 e. The van der Waals surface area contributed by atoms with Gasteiger partial charge in [-0.2, -0.15) is 0 Å². The Morgan fingerprint density at radius 1 is 1.29 bits per heavy atom. The minimum atomic E-state index is 0.707. The molecule has 2 bridgehead atoms. The van der Waals surface area contributed by atoms with E-state index in [1.165, 1.54) is 6.42 Å². The Morgan fingerprint density at radius 3 is 2.00 bits per heavy atom. The van der Waals surface area contributed by atoms with Gasteiger partial charge in [-0.15, -0.1) is 0 Å². The van der Waals surface area contributed by atoms with Gasteiger partial charge in [0.1, 0.15) is 0 Å². The van der Waals surface area contributed by atoms with Crippen molar-refractivity contribution in [1.82, 2.24) is 5.32 Å². The van der Waals surface area contributed by atoms with Crippen molar-refractivity contribution in [3.8, 4) is 0 Å². The Bertz CT molecular complexity index is 64.6. The summed E-state index contributed by atoms with van der Waals surface area (Å²) in [6, 6.07) is 1.41. The molecule has 3 rings (SSSR count). The van der Waals surface area contributed by atoms with Crippen molar-refractivity contribution in [2.75, 3.05) is 13.2 Å². The summed E-state index contributed by atoms with van der Waals surface area (Å²) in [6.45, 7) is 1.88. The fraction of sp³-hybridized carbons (Fsp3) is 1.00. The van der Waals surface area contributed by atoms with Crippen molar-refractivity contribution in [3.63, 3.8) is 0 Å². The molecule has 0 radical (unpaired) electrons. The van der Waals surface area contributed by atoms with Crippen LogP contribution in [0, 0.1) is 0 Å². The summed E-state index contributed by atoms with van der Waals surface area (Å²) in [5.41, 5.74) is 0. The normalized spacial score (nSPS) is 48.0. The van der Waals surface area contributed by atoms with E-state index in [4.69, 9.17) is 4.74 Å². The zero-order chi connectivity index (χ0) is 4.69. The van der Waals surface area contributed by atoms with Crippen LogP contribution in [0.4, 0.5) is 0 Å². The van der Waals surface area contributed by atoms with Crippen LogP contribution in [0.25, 0.3) is 0 Å². The highest BCUT2D eigenvalue weighted by Crippen LogP contribution is 2.17. The molecule has 0 spiro atoms. The lowest BCUT2D eigenvalue weighted by Crippen LogP contribution is -2.60. The summed E-state index contributed by atoms with van der Waals surface area (Å²) < 4.78 is 5.17. The van der Waals surface area contributed by atoms with E-state index >= 15 is 0 Å². The van der Waals surface area contributed by atoms with Gasteiger partial charge in [0, 0.05) is 12.1 Å². The number of hydrogen-bond acceptors (Lipinski definition) is 2. The van der Waals surface area contributed by atoms with Crippen LogP contribution in [-0.4, -0.2) is 25.3 Å². The maximum Gasteiger partial charge on any atom is 0.0621 e. The number of nitrogens with one attached hydrogen (secondary N) is 1. The van der Waals surface area contributed by atoms with Gasteiger partial charge in [0.05, 0.1) is 13.2 Å². The van der Waals surface area contributed by atoms with Gasteiger partial charge in [0.15, 0.2) is 0 Å². The van der Waals surface area contributed by atoms with Crippen molar-refractivity contribution in [2.24, 2.45) is 0 Å².